The number of rotatable bonds is 6. The molecule has 0 atom stereocenters. The van der Waals surface area contributed by atoms with Crippen LogP contribution in [0.4, 0.5) is 11.4 Å². The Kier molecular flexibility index (Phi) is 7.19. The molecule has 0 radical (unpaired) electrons. The Hall–Kier alpha value is -1.94. The van der Waals surface area contributed by atoms with Crippen molar-refractivity contribution in [2.45, 2.75) is 44.4 Å². The number of hydrogen-bond donors (Lipinski definition) is 1. The molecule has 1 aromatic carbocycles. The largest absolute Gasteiger partial charge is 0.379 e. The smallest absolute Gasteiger partial charge is 0.265 e. The van der Waals surface area contributed by atoms with Gasteiger partial charge in [-0.15, -0.1) is 11.3 Å². The van der Waals surface area contributed by atoms with E-state index in [1.54, 1.807) is 12.1 Å². The number of sulfonamides is 1. The minimum absolute atomic E-state index is 0.197. The van der Waals surface area contributed by atoms with Crippen LogP contribution in [-0.2, 0) is 21.2 Å². The fourth-order valence-corrected chi connectivity index (χ4v) is 6.73. The van der Waals surface area contributed by atoms with E-state index in [4.69, 9.17) is 4.74 Å². The molecule has 32 heavy (non-hydrogen) atoms. The quantitative estimate of drug-likeness (QED) is 0.683. The average molecular weight is 478 g/mol. The maximum absolute atomic E-state index is 13.2. The third kappa shape index (κ3) is 4.85. The summed E-state index contributed by atoms with van der Waals surface area (Å²) in [6.07, 6.45) is 4.25. The first-order valence-corrected chi connectivity index (χ1v) is 13.5. The van der Waals surface area contributed by atoms with Crippen molar-refractivity contribution in [1.29, 1.82) is 0 Å². The zero-order chi connectivity index (χ0) is 22.7. The zero-order valence-electron chi connectivity index (χ0n) is 18.7. The predicted molar refractivity (Wildman–Crippen MR) is 128 cm³/mol. The van der Waals surface area contributed by atoms with Crippen LogP contribution in [0.15, 0.2) is 29.2 Å². The van der Waals surface area contributed by atoms with E-state index < -0.39 is 10.0 Å². The van der Waals surface area contributed by atoms with Crippen LogP contribution in [-0.4, -0.2) is 58.0 Å². The van der Waals surface area contributed by atoms with E-state index in [2.05, 4.69) is 17.1 Å². The number of anilines is 2. The number of nitrogens with one attached hydrogen (secondary N) is 1. The van der Waals surface area contributed by atoms with Gasteiger partial charge in [-0.2, -0.15) is 4.31 Å². The van der Waals surface area contributed by atoms with Gasteiger partial charge in [-0.1, -0.05) is 6.92 Å². The van der Waals surface area contributed by atoms with Gasteiger partial charge in [0.25, 0.3) is 5.91 Å². The summed E-state index contributed by atoms with van der Waals surface area (Å²) in [5, 5.41) is 3.03. The van der Waals surface area contributed by atoms with Gasteiger partial charge in [0.2, 0.25) is 10.0 Å². The summed E-state index contributed by atoms with van der Waals surface area (Å²) in [7, 11) is -3.65. The predicted octanol–water partition coefficient (Wildman–Crippen LogP) is 3.88. The number of carbonyl (C=O) groups excluding carboxylic acids is 1. The first-order valence-electron chi connectivity index (χ1n) is 11.3. The SMILES string of the molecule is CCc1sc(C(=O)Nc2cc(S(=O)(=O)N3CCOCC3)ccc2N2CCCCC2)cc1C. The van der Waals surface area contributed by atoms with Gasteiger partial charge in [-0.3, -0.25) is 4.79 Å². The third-order valence-corrected chi connectivity index (χ3v) is 9.36. The first-order chi connectivity index (χ1) is 15.4. The molecule has 9 heteroatoms. The molecule has 4 rings (SSSR count). The molecule has 0 saturated carbocycles. The Morgan fingerprint density at radius 3 is 2.47 bits per heavy atom. The molecule has 2 fully saturated rings. The molecule has 2 aromatic rings. The van der Waals surface area contributed by atoms with Crippen LogP contribution in [0.2, 0.25) is 0 Å². The minimum Gasteiger partial charge on any atom is -0.379 e. The van der Waals surface area contributed by atoms with Crippen LogP contribution >= 0.6 is 11.3 Å². The van der Waals surface area contributed by atoms with Gasteiger partial charge in [-0.25, -0.2) is 8.42 Å². The van der Waals surface area contributed by atoms with E-state index in [0.717, 1.165) is 43.6 Å². The number of nitrogens with zero attached hydrogens (tertiary/aromatic N) is 2. The topological polar surface area (TPSA) is 79.0 Å². The second-order valence-electron chi connectivity index (χ2n) is 8.27. The highest BCUT2D eigenvalue weighted by Gasteiger charge is 2.28. The normalized spacial score (nSPS) is 18.0. The maximum Gasteiger partial charge on any atom is 0.265 e. The summed E-state index contributed by atoms with van der Waals surface area (Å²) in [6, 6.07) is 7.03. The number of morpholine rings is 1. The molecule has 0 spiro atoms. The van der Waals surface area contributed by atoms with Gasteiger partial charge in [0, 0.05) is 31.1 Å². The van der Waals surface area contributed by atoms with Crippen molar-refractivity contribution in [3.05, 3.63) is 39.6 Å². The van der Waals surface area contributed by atoms with E-state index in [1.807, 2.05) is 19.1 Å². The summed E-state index contributed by atoms with van der Waals surface area (Å²) in [6.45, 7) is 7.36. The number of benzene rings is 1. The number of aryl methyl sites for hydroxylation is 2. The van der Waals surface area contributed by atoms with Crippen LogP contribution in [0.3, 0.4) is 0 Å². The molecular weight excluding hydrogens is 446 g/mol. The Morgan fingerprint density at radius 2 is 1.81 bits per heavy atom. The van der Waals surface area contributed by atoms with Gasteiger partial charge in [0.15, 0.2) is 0 Å². The lowest BCUT2D eigenvalue weighted by molar-refractivity contribution is 0.0730. The van der Waals surface area contributed by atoms with Crippen LogP contribution < -0.4 is 10.2 Å². The summed E-state index contributed by atoms with van der Waals surface area (Å²) in [5.41, 5.74) is 2.54. The molecule has 2 aliphatic rings. The molecule has 0 bridgehead atoms. The van der Waals surface area contributed by atoms with E-state index in [9.17, 15) is 13.2 Å². The number of thiophene rings is 1. The van der Waals surface area contributed by atoms with Crippen molar-refractivity contribution in [1.82, 2.24) is 4.31 Å². The van der Waals surface area contributed by atoms with Crippen molar-refractivity contribution in [3.63, 3.8) is 0 Å². The molecular formula is C23H31N3O4S2. The van der Waals surface area contributed by atoms with Crippen LogP contribution in [0.5, 0.6) is 0 Å². The number of hydrogen-bond acceptors (Lipinski definition) is 6. The number of ether oxygens (including phenoxy) is 1. The van der Waals surface area contributed by atoms with E-state index >= 15 is 0 Å². The third-order valence-electron chi connectivity index (χ3n) is 6.09. The molecule has 1 amide bonds. The molecule has 1 aromatic heterocycles. The number of amides is 1. The Morgan fingerprint density at radius 1 is 1.09 bits per heavy atom. The molecule has 2 aliphatic heterocycles. The molecule has 2 saturated heterocycles. The summed E-state index contributed by atoms with van der Waals surface area (Å²) < 4.78 is 33.2. The van der Waals surface area contributed by atoms with Crippen LogP contribution in [0.25, 0.3) is 0 Å². The molecule has 3 heterocycles. The van der Waals surface area contributed by atoms with Crippen molar-refractivity contribution in [3.8, 4) is 0 Å². The molecule has 0 unspecified atom stereocenters. The Labute approximate surface area is 194 Å². The molecule has 7 nitrogen and oxygen atoms in total. The molecule has 1 N–H and O–H groups in total. The van der Waals surface area contributed by atoms with Crippen molar-refractivity contribution in [2.24, 2.45) is 0 Å². The van der Waals surface area contributed by atoms with Crippen LogP contribution in [0, 0.1) is 6.92 Å². The van der Waals surface area contributed by atoms with Crippen LogP contribution in [0.1, 0.15) is 46.3 Å². The van der Waals surface area contributed by atoms with Crippen molar-refractivity contribution >= 4 is 38.6 Å². The van der Waals surface area contributed by atoms with Gasteiger partial charge < -0.3 is 15.0 Å². The van der Waals surface area contributed by atoms with Gasteiger partial charge in [0.1, 0.15) is 0 Å². The van der Waals surface area contributed by atoms with E-state index in [1.165, 1.54) is 26.9 Å². The monoisotopic (exact) mass is 477 g/mol. The highest BCUT2D eigenvalue weighted by molar-refractivity contribution is 7.89. The summed E-state index contributed by atoms with van der Waals surface area (Å²) >= 11 is 1.49. The van der Waals surface area contributed by atoms with E-state index in [-0.39, 0.29) is 10.8 Å². The Balaban J connectivity index is 1.68. The minimum atomic E-state index is -3.65. The molecule has 174 valence electrons. The number of carbonyl (C=O) groups is 1. The standard InChI is InChI=1S/C23H31N3O4S2/c1-3-21-17(2)15-22(31-21)23(27)24-19-16-18(32(28,29)26-11-13-30-14-12-26)7-8-20(19)25-9-5-4-6-10-25/h7-8,15-16H,3-6,9-14H2,1-2H3,(H,24,27). The number of piperidine rings is 1. The lowest BCUT2D eigenvalue weighted by atomic mass is 10.1. The first kappa shape index (κ1) is 23.2. The highest BCUT2D eigenvalue weighted by atomic mass is 32.2. The maximum atomic E-state index is 13.2. The average Bonchev–Trinajstić information content (AvgIpc) is 3.21. The highest BCUT2D eigenvalue weighted by Crippen LogP contribution is 2.33. The zero-order valence-corrected chi connectivity index (χ0v) is 20.4. The van der Waals surface area contributed by atoms with Gasteiger partial charge >= 0.3 is 0 Å². The lowest BCUT2D eigenvalue weighted by Crippen LogP contribution is -2.40. The van der Waals surface area contributed by atoms with Crippen molar-refractivity contribution < 1.29 is 17.9 Å². The second-order valence-corrected chi connectivity index (χ2v) is 11.3. The second kappa shape index (κ2) is 9.91. The fraction of sp³-hybridized carbons (Fsp3) is 0.522. The summed E-state index contributed by atoms with van der Waals surface area (Å²) in [4.78, 5) is 17.4. The molecule has 0 aliphatic carbocycles. The van der Waals surface area contributed by atoms with Crippen molar-refractivity contribution in [2.75, 3.05) is 49.6 Å². The van der Waals surface area contributed by atoms with E-state index in [0.29, 0.717) is 36.9 Å². The summed E-state index contributed by atoms with van der Waals surface area (Å²) in [5.74, 6) is -0.197. The fourth-order valence-electron chi connectivity index (χ4n) is 4.29. The van der Waals surface area contributed by atoms with Gasteiger partial charge in [-0.05, 0) is 62.4 Å². The Bertz CT molecular complexity index is 1070. The lowest BCUT2D eigenvalue weighted by Gasteiger charge is -2.31. The van der Waals surface area contributed by atoms with Gasteiger partial charge in [0.05, 0.1) is 34.4 Å².